The van der Waals surface area contributed by atoms with Crippen LogP contribution in [-0.2, 0) is 13.2 Å². The molecule has 1 atom stereocenters. The van der Waals surface area contributed by atoms with Gasteiger partial charge in [-0.1, -0.05) is 11.6 Å². The van der Waals surface area contributed by atoms with E-state index >= 15 is 0 Å². The summed E-state index contributed by atoms with van der Waals surface area (Å²) in [7, 11) is 5.25. The van der Waals surface area contributed by atoms with E-state index in [-0.39, 0.29) is 0 Å². The van der Waals surface area contributed by atoms with Crippen molar-refractivity contribution in [2.24, 2.45) is 0 Å². The van der Waals surface area contributed by atoms with Gasteiger partial charge in [0.05, 0.1) is 30.5 Å². The molecule has 0 saturated heterocycles. The fourth-order valence-electron chi connectivity index (χ4n) is 2.55. The zero-order chi connectivity index (χ0) is 18.7. The van der Waals surface area contributed by atoms with Gasteiger partial charge in [0.25, 0.3) is 4.84 Å². The van der Waals surface area contributed by atoms with Gasteiger partial charge in [-0.3, -0.25) is 0 Å². The highest BCUT2D eigenvalue weighted by molar-refractivity contribution is 7.71. The van der Waals surface area contributed by atoms with Gasteiger partial charge in [-0.15, -0.1) is 16.4 Å². The summed E-state index contributed by atoms with van der Waals surface area (Å²) in [5, 5.41) is 4.50. The molecule has 138 valence electrons. The Bertz CT molecular complexity index is 951. The lowest BCUT2D eigenvalue weighted by atomic mass is 10.2. The van der Waals surface area contributed by atoms with Crippen LogP contribution in [-0.4, -0.2) is 31.0 Å². The molecule has 1 N–H and O–H groups in total. The molecule has 0 aliphatic heterocycles. The van der Waals surface area contributed by atoms with Crippen LogP contribution in [0.2, 0.25) is 4.34 Å². The summed E-state index contributed by atoms with van der Waals surface area (Å²) in [5.41, 5.74) is 0.773. The number of ether oxygens (including phenoxy) is 2. The molecule has 0 saturated carbocycles. The van der Waals surface area contributed by atoms with Crippen molar-refractivity contribution in [2.75, 3.05) is 21.3 Å². The minimum atomic E-state index is 0.332. The molecule has 0 aliphatic carbocycles. The monoisotopic (exact) mass is 412 g/mol. The van der Waals surface area contributed by atoms with E-state index in [9.17, 15) is 0 Å². The number of nitrogens with zero attached hydrogens (tertiary/aromatic N) is 2. The number of nitrogens with one attached hydrogen (secondary N) is 1. The molecule has 3 rings (SSSR count). The van der Waals surface area contributed by atoms with E-state index in [0.717, 1.165) is 16.4 Å². The van der Waals surface area contributed by atoms with Crippen LogP contribution in [0.4, 0.5) is 0 Å². The van der Waals surface area contributed by atoms with Gasteiger partial charge in [0, 0.05) is 5.56 Å². The van der Waals surface area contributed by atoms with E-state index in [1.165, 1.54) is 9.78 Å². The van der Waals surface area contributed by atoms with Gasteiger partial charge >= 0.3 is 0 Å². The first kappa shape index (κ1) is 18.9. The third kappa shape index (κ3) is 4.27. The van der Waals surface area contributed by atoms with Crippen LogP contribution in [0.25, 0.3) is 11.5 Å². The van der Waals surface area contributed by atoms with E-state index in [4.69, 9.17) is 37.7 Å². The van der Waals surface area contributed by atoms with Crippen molar-refractivity contribution in [1.82, 2.24) is 9.78 Å². The molecule has 0 bridgehead atoms. The van der Waals surface area contributed by atoms with Gasteiger partial charge in [0.1, 0.15) is 6.54 Å². The maximum absolute atomic E-state index is 5.99. The number of quaternary nitrogens is 1. The van der Waals surface area contributed by atoms with Crippen LogP contribution in [0.3, 0.4) is 0 Å². The summed E-state index contributed by atoms with van der Waals surface area (Å²) in [4.78, 5) is 2.76. The number of aromatic nitrogens is 2. The maximum atomic E-state index is 5.99. The molecule has 2 aromatic heterocycles. The first-order valence-corrected chi connectivity index (χ1v) is 9.46. The van der Waals surface area contributed by atoms with Crippen molar-refractivity contribution in [3.63, 3.8) is 0 Å². The number of halogens is 1. The fraction of sp³-hybridized carbons (Fsp3) is 0.294. The van der Waals surface area contributed by atoms with Gasteiger partial charge in [0.15, 0.2) is 18.2 Å². The number of thiophene rings is 1. The van der Waals surface area contributed by atoms with E-state index < -0.39 is 0 Å². The molecule has 2 heterocycles. The summed E-state index contributed by atoms with van der Waals surface area (Å²) in [6.07, 6.45) is 0. The Labute approximate surface area is 165 Å². The van der Waals surface area contributed by atoms with Crippen molar-refractivity contribution in [3.8, 4) is 23.0 Å². The second kappa shape index (κ2) is 8.22. The first-order valence-electron chi connectivity index (χ1n) is 7.86. The minimum absolute atomic E-state index is 0.332. The maximum Gasteiger partial charge on any atom is 0.292 e. The molecule has 6 nitrogen and oxygen atoms in total. The quantitative estimate of drug-likeness (QED) is 0.603. The van der Waals surface area contributed by atoms with Crippen LogP contribution in [0.1, 0.15) is 4.88 Å². The lowest BCUT2D eigenvalue weighted by Gasteiger charge is -2.11. The van der Waals surface area contributed by atoms with Crippen molar-refractivity contribution < 1.29 is 18.8 Å². The van der Waals surface area contributed by atoms with E-state index in [1.54, 1.807) is 30.2 Å². The highest BCUT2D eigenvalue weighted by Crippen LogP contribution is 2.31. The van der Waals surface area contributed by atoms with Gasteiger partial charge < -0.3 is 18.8 Å². The molecule has 0 radical (unpaired) electrons. The Balaban J connectivity index is 1.77. The normalized spacial score (nSPS) is 12.2. The predicted molar refractivity (Wildman–Crippen MR) is 104 cm³/mol. The van der Waals surface area contributed by atoms with Crippen LogP contribution in [0.5, 0.6) is 11.5 Å². The molecule has 9 heteroatoms. The molecule has 0 amide bonds. The molecule has 1 aromatic carbocycles. The van der Waals surface area contributed by atoms with Crippen molar-refractivity contribution >= 4 is 35.2 Å². The number of hydrogen-bond acceptors (Lipinski definition) is 6. The summed E-state index contributed by atoms with van der Waals surface area (Å²) in [6, 6.07) is 9.42. The molecule has 0 spiro atoms. The molecule has 3 aromatic rings. The summed E-state index contributed by atoms with van der Waals surface area (Å²) in [6.45, 7) is 1.42. The molecule has 0 fully saturated rings. The second-order valence-corrected chi connectivity index (χ2v) is 7.89. The number of methoxy groups -OCH3 is 2. The zero-order valence-electron chi connectivity index (χ0n) is 14.6. The summed E-state index contributed by atoms with van der Waals surface area (Å²) >= 11 is 12.9. The van der Waals surface area contributed by atoms with E-state index in [2.05, 4.69) is 12.1 Å². The molecular weight excluding hydrogens is 394 g/mol. The van der Waals surface area contributed by atoms with Crippen LogP contribution >= 0.6 is 35.2 Å². The Morgan fingerprint density at radius 1 is 1.23 bits per heavy atom. The van der Waals surface area contributed by atoms with Crippen LogP contribution in [0.15, 0.2) is 34.7 Å². The third-order valence-electron chi connectivity index (χ3n) is 3.76. The Morgan fingerprint density at radius 3 is 2.65 bits per heavy atom. The highest BCUT2D eigenvalue weighted by Gasteiger charge is 2.15. The molecule has 26 heavy (non-hydrogen) atoms. The first-order chi connectivity index (χ1) is 12.5. The van der Waals surface area contributed by atoms with Gasteiger partial charge in [-0.05, 0) is 42.5 Å². The SMILES string of the molecule is COc1ccc(-c2nn(C[NH+](C)Cc3ccc(Cl)s3)c(=S)o2)cc1OC. The molecule has 1 unspecified atom stereocenters. The largest absolute Gasteiger partial charge is 0.493 e. The second-order valence-electron chi connectivity index (χ2n) is 5.74. The fourth-order valence-corrected chi connectivity index (χ4v) is 3.93. The number of benzene rings is 1. The van der Waals surface area contributed by atoms with Gasteiger partial charge in [0.2, 0.25) is 5.89 Å². The summed E-state index contributed by atoms with van der Waals surface area (Å²) < 4.78 is 18.7. The standard InChI is InChI=1S/C17H18ClN3O3S2/c1-20(9-12-5-7-15(18)26-12)10-21-17(25)24-16(19-21)11-4-6-13(22-2)14(8-11)23-3/h4-8H,9-10H2,1-3H3/p+1. The Kier molecular flexibility index (Phi) is 5.98. The van der Waals surface area contributed by atoms with E-state index in [1.807, 2.05) is 30.3 Å². The third-order valence-corrected chi connectivity index (χ3v) is 5.29. The lowest BCUT2D eigenvalue weighted by molar-refractivity contribution is -0.917. The van der Waals surface area contributed by atoms with Gasteiger partial charge in [-0.25, -0.2) is 0 Å². The van der Waals surface area contributed by atoms with Gasteiger partial charge in [-0.2, -0.15) is 4.68 Å². The predicted octanol–water partition coefficient (Wildman–Crippen LogP) is 3.28. The van der Waals surface area contributed by atoms with E-state index in [0.29, 0.717) is 28.9 Å². The molecule has 0 aliphatic rings. The number of hydrogen-bond donors (Lipinski definition) is 1. The topological polar surface area (TPSA) is 53.9 Å². The average molecular weight is 413 g/mol. The average Bonchev–Trinajstić information content (AvgIpc) is 3.20. The summed E-state index contributed by atoms with van der Waals surface area (Å²) in [5.74, 6) is 1.70. The Hall–Kier alpha value is -1.87. The minimum Gasteiger partial charge on any atom is -0.493 e. The lowest BCUT2D eigenvalue weighted by Crippen LogP contribution is -3.06. The highest BCUT2D eigenvalue weighted by atomic mass is 35.5. The van der Waals surface area contributed by atoms with Crippen molar-refractivity contribution in [3.05, 3.63) is 44.4 Å². The smallest absolute Gasteiger partial charge is 0.292 e. The van der Waals surface area contributed by atoms with Crippen LogP contribution in [0, 0.1) is 4.84 Å². The van der Waals surface area contributed by atoms with Crippen LogP contribution < -0.4 is 14.4 Å². The Morgan fingerprint density at radius 2 is 2.00 bits per heavy atom. The molecular formula is C17H19ClN3O3S2+. The van der Waals surface area contributed by atoms with Crippen molar-refractivity contribution in [2.45, 2.75) is 13.2 Å². The van der Waals surface area contributed by atoms with Crippen molar-refractivity contribution in [1.29, 1.82) is 0 Å². The number of rotatable bonds is 7. The zero-order valence-corrected chi connectivity index (χ0v) is 17.0.